The van der Waals surface area contributed by atoms with Crippen molar-refractivity contribution in [3.05, 3.63) is 15.8 Å². The van der Waals surface area contributed by atoms with Crippen LogP contribution in [-0.4, -0.2) is 9.78 Å². The largest absolute Gasteiger partial charge is 0.254 e. The smallest absolute Gasteiger partial charge is 0.152 e. The van der Waals surface area contributed by atoms with Gasteiger partial charge in [-0.3, -0.25) is 4.68 Å². The Kier molecular flexibility index (Phi) is 2.96. The molecule has 0 bridgehead atoms. The van der Waals surface area contributed by atoms with E-state index in [1.54, 1.807) is 6.07 Å². The highest BCUT2D eigenvalue weighted by molar-refractivity contribution is 9.10. The van der Waals surface area contributed by atoms with Crippen LogP contribution < -0.4 is 0 Å². The maximum Gasteiger partial charge on any atom is 0.152 e. The fourth-order valence-electron chi connectivity index (χ4n) is 0.826. The second kappa shape index (κ2) is 3.59. The van der Waals surface area contributed by atoms with Gasteiger partial charge in [-0.2, -0.15) is 5.10 Å². The molecule has 1 rings (SSSR count). The zero-order valence-electron chi connectivity index (χ0n) is 6.51. The summed E-state index contributed by atoms with van der Waals surface area (Å²) in [5.41, 5.74) is 0. The van der Waals surface area contributed by atoms with Crippen LogP contribution in [0, 0.1) is 0 Å². The van der Waals surface area contributed by atoms with Crippen molar-refractivity contribution in [1.82, 2.24) is 9.78 Å². The summed E-state index contributed by atoms with van der Waals surface area (Å²) in [4.78, 5) is 0. The third-order valence-electron chi connectivity index (χ3n) is 1.67. The Morgan fingerprint density at radius 3 is 2.82 bits per heavy atom. The van der Waals surface area contributed by atoms with Crippen molar-refractivity contribution in [2.45, 2.75) is 26.3 Å². The number of nitrogens with zero attached hydrogens (tertiary/aromatic N) is 2. The molecular formula is C7H10BrClN2. The summed E-state index contributed by atoms with van der Waals surface area (Å²) >= 11 is 9.08. The average Bonchev–Trinajstić information content (AvgIpc) is 2.28. The van der Waals surface area contributed by atoms with E-state index in [1.165, 1.54) is 0 Å². The predicted octanol–water partition coefficient (Wildman–Crippen LogP) is 3.27. The van der Waals surface area contributed by atoms with E-state index in [4.69, 9.17) is 11.6 Å². The van der Waals surface area contributed by atoms with Gasteiger partial charge >= 0.3 is 0 Å². The molecule has 0 aliphatic carbocycles. The topological polar surface area (TPSA) is 17.8 Å². The Morgan fingerprint density at radius 1 is 1.82 bits per heavy atom. The minimum Gasteiger partial charge on any atom is -0.254 e. The van der Waals surface area contributed by atoms with Gasteiger partial charge in [0.05, 0.1) is 6.04 Å². The van der Waals surface area contributed by atoms with Crippen LogP contribution in [0.3, 0.4) is 0 Å². The highest BCUT2D eigenvalue weighted by atomic mass is 79.9. The molecule has 0 aliphatic heterocycles. The van der Waals surface area contributed by atoms with E-state index in [0.29, 0.717) is 11.2 Å². The van der Waals surface area contributed by atoms with Crippen LogP contribution in [0.5, 0.6) is 0 Å². The summed E-state index contributed by atoms with van der Waals surface area (Å²) in [6.45, 7) is 4.22. The summed E-state index contributed by atoms with van der Waals surface area (Å²) in [7, 11) is 0. The fourth-order valence-corrected chi connectivity index (χ4v) is 1.79. The van der Waals surface area contributed by atoms with Crippen molar-refractivity contribution in [3.8, 4) is 0 Å². The summed E-state index contributed by atoms with van der Waals surface area (Å²) in [6.07, 6.45) is 1.05. The van der Waals surface area contributed by atoms with Crippen molar-refractivity contribution >= 4 is 27.5 Å². The van der Waals surface area contributed by atoms with Gasteiger partial charge in [0.25, 0.3) is 0 Å². The highest BCUT2D eigenvalue weighted by Gasteiger charge is 2.07. The molecule has 0 aromatic carbocycles. The van der Waals surface area contributed by atoms with Gasteiger partial charge in [0.1, 0.15) is 4.60 Å². The minimum absolute atomic E-state index is 0.400. The Hall–Kier alpha value is -0.0200. The van der Waals surface area contributed by atoms with Crippen LogP contribution >= 0.6 is 27.5 Å². The highest BCUT2D eigenvalue weighted by Crippen LogP contribution is 2.21. The average molecular weight is 238 g/mol. The lowest BCUT2D eigenvalue weighted by Crippen LogP contribution is -2.05. The van der Waals surface area contributed by atoms with Crippen LogP contribution in [0.25, 0.3) is 0 Å². The van der Waals surface area contributed by atoms with E-state index in [1.807, 2.05) is 4.68 Å². The molecule has 0 amide bonds. The van der Waals surface area contributed by atoms with Gasteiger partial charge in [0.2, 0.25) is 0 Å². The van der Waals surface area contributed by atoms with Crippen LogP contribution in [0.1, 0.15) is 26.3 Å². The molecule has 0 fully saturated rings. The maximum atomic E-state index is 5.70. The van der Waals surface area contributed by atoms with E-state index in [2.05, 4.69) is 34.9 Å². The second-order valence-electron chi connectivity index (χ2n) is 2.49. The second-order valence-corrected chi connectivity index (χ2v) is 3.69. The van der Waals surface area contributed by atoms with Crippen molar-refractivity contribution < 1.29 is 0 Å². The lowest BCUT2D eigenvalue weighted by Gasteiger charge is -2.09. The molecule has 62 valence electrons. The molecule has 4 heteroatoms. The first-order valence-corrected chi connectivity index (χ1v) is 4.72. The quantitative estimate of drug-likeness (QED) is 0.772. The van der Waals surface area contributed by atoms with Crippen molar-refractivity contribution in [1.29, 1.82) is 0 Å². The first-order valence-electron chi connectivity index (χ1n) is 3.55. The molecular weight excluding hydrogens is 227 g/mol. The number of halogens is 2. The van der Waals surface area contributed by atoms with Crippen LogP contribution in [0.4, 0.5) is 0 Å². The zero-order chi connectivity index (χ0) is 8.43. The Bertz CT molecular complexity index is 247. The van der Waals surface area contributed by atoms with Crippen molar-refractivity contribution in [2.24, 2.45) is 0 Å². The van der Waals surface area contributed by atoms with Gasteiger partial charge in [-0.25, -0.2) is 0 Å². The van der Waals surface area contributed by atoms with Gasteiger partial charge < -0.3 is 0 Å². The third-order valence-corrected chi connectivity index (χ3v) is 2.45. The molecule has 0 spiro atoms. The van der Waals surface area contributed by atoms with E-state index in [-0.39, 0.29) is 0 Å². The molecule has 0 saturated carbocycles. The molecule has 1 aromatic rings. The lowest BCUT2D eigenvalue weighted by molar-refractivity contribution is 0.469. The van der Waals surface area contributed by atoms with Crippen molar-refractivity contribution in [3.63, 3.8) is 0 Å². The minimum atomic E-state index is 0.400. The first-order chi connectivity index (χ1) is 5.15. The summed E-state index contributed by atoms with van der Waals surface area (Å²) in [5.74, 6) is 0. The Morgan fingerprint density at radius 2 is 2.45 bits per heavy atom. The van der Waals surface area contributed by atoms with Crippen molar-refractivity contribution in [2.75, 3.05) is 0 Å². The number of hydrogen-bond donors (Lipinski definition) is 0. The summed E-state index contributed by atoms with van der Waals surface area (Å²) < 4.78 is 2.82. The molecule has 0 radical (unpaired) electrons. The molecule has 1 atom stereocenters. The summed E-state index contributed by atoms with van der Waals surface area (Å²) in [6, 6.07) is 2.20. The molecule has 0 saturated heterocycles. The van der Waals surface area contributed by atoms with Gasteiger partial charge in [0, 0.05) is 6.07 Å². The third kappa shape index (κ3) is 1.97. The van der Waals surface area contributed by atoms with E-state index >= 15 is 0 Å². The monoisotopic (exact) mass is 236 g/mol. The van der Waals surface area contributed by atoms with Gasteiger partial charge in [0.15, 0.2) is 5.15 Å². The fraction of sp³-hybridized carbons (Fsp3) is 0.571. The molecule has 1 unspecified atom stereocenters. The molecule has 2 nitrogen and oxygen atoms in total. The molecule has 0 N–H and O–H groups in total. The van der Waals surface area contributed by atoms with Gasteiger partial charge in [-0.05, 0) is 29.3 Å². The molecule has 1 heterocycles. The zero-order valence-corrected chi connectivity index (χ0v) is 8.85. The molecule has 1 aromatic heterocycles. The maximum absolute atomic E-state index is 5.70. The van der Waals surface area contributed by atoms with E-state index in [0.717, 1.165) is 11.0 Å². The standard InChI is InChI=1S/C7H10BrClN2/c1-3-5(2)11-6(8)4-7(9)10-11/h4-5H,3H2,1-2H3. The SMILES string of the molecule is CCC(C)n1nc(Cl)cc1Br. The first kappa shape index (κ1) is 9.07. The molecule has 0 aliphatic rings. The van der Waals surface area contributed by atoms with E-state index in [9.17, 15) is 0 Å². The number of rotatable bonds is 2. The normalized spacial score (nSPS) is 13.5. The summed E-state index contributed by atoms with van der Waals surface area (Å²) in [5, 5.41) is 4.66. The van der Waals surface area contributed by atoms with Gasteiger partial charge in [-0.1, -0.05) is 18.5 Å². The van der Waals surface area contributed by atoms with Crippen LogP contribution in [0.15, 0.2) is 10.7 Å². The molecule has 11 heavy (non-hydrogen) atoms. The van der Waals surface area contributed by atoms with Crippen LogP contribution in [0.2, 0.25) is 5.15 Å². The Labute approximate surface area is 79.7 Å². The van der Waals surface area contributed by atoms with Crippen LogP contribution in [-0.2, 0) is 0 Å². The lowest BCUT2D eigenvalue weighted by atomic mass is 10.3. The number of hydrogen-bond acceptors (Lipinski definition) is 1. The Balaban J connectivity index is 2.93. The predicted molar refractivity (Wildman–Crippen MR) is 49.9 cm³/mol. The van der Waals surface area contributed by atoms with Gasteiger partial charge in [-0.15, -0.1) is 0 Å². The van der Waals surface area contributed by atoms with E-state index < -0.39 is 0 Å². The number of aromatic nitrogens is 2.